The zero-order valence-corrected chi connectivity index (χ0v) is 15.2. The third kappa shape index (κ3) is 3.80. The van der Waals surface area contributed by atoms with Crippen LogP contribution in [0.1, 0.15) is 48.8 Å². The normalized spacial score (nSPS) is 17.7. The molecule has 1 aromatic heterocycles. The summed E-state index contributed by atoms with van der Waals surface area (Å²) < 4.78 is 5.11. The fourth-order valence-corrected chi connectivity index (χ4v) is 3.88. The quantitative estimate of drug-likeness (QED) is 0.769. The lowest BCUT2D eigenvalue weighted by atomic mass is 10.0. The van der Waals surface area contributed by atoms with Gasteiger partial charge in [-0.15, -0.1) is 11.8 Å². The van der Waals surface area contributed by atoms with Crippen LogP contribution in [0.4, 0.5) is 0 Å². The minimum Gasteiger partial charge on any atom is -0.338 e. The van der Waals surface area contributed by atoms with Crippen LogP contribution in [0.15, 0.2) is 33.7 Å². The van der Waals surface area contributed by atoms with Crippen LogP contribution in [0.3, 0.4) is 0 Å². The molecule has 2 heterocycles. The molecule has 0 bridgehead atoms. The van der Waals surface area contributed by atoms with Crippen LogP contribution in [-0.4, -0.2) is 33.5 Å². The van der Waals surface area contributed by atoms with Gasteiger partial charge in [-0.05, 0) is 49.9 Å². The number of aryl methyl sites for hydroxylation is 1. The van der Waals surface area contributed by atoms with Crippen LogP contribution in [0.25, 0.3) is 0 Å². The number of hydrogen-bond acceptors (Lipinski definition) is 5. The largest absolute Gasteiger partial charge is 0.338 e. The van der Waals surface area contributed by atoms with E-state index in [0.29, 0.717) is 29.4 Å². The summed E-state index contributed by atoms with van der Waals surface area (Å²) in [5.41, 5.74) is 0.764. The summed E-state index contributed by atoms with van der Waals surface area (Å²) >= 11 is 1.62. The van der Waals surface area contributed by atoms with Gasteiger partial charge in [-0.3, -0.25) is 4.79 Å². The number of hydrogen-bond donors (Lipinski definition) is 0. The van der Waals surface area contributed by atoms with E-state index in [4.69, 9.17) is 4.52 Å². The molecule has 3 rings (SSSR count). The maximum absolute atomic E-state index is 12.7. The predicted molar refractivity (Wildman–Crippen MR) is 93.9 cm³/mol. The van der Waals surface area contributed by atoms with Crippen molar-refractivity contribution < 1.29 is 9.32 Å². The number of rotatable bonds is 5. The van der Waals surface area contributed by atoms with Crippen molar-refractivity contribution >= 4 is 17.7 Å². The molecule has 1 aliphatic heterocycles. The summed E-state index contributed by atoms with van der Waals surface area (Å²) in [7, 11) is 0. The Morgan fingerprint density at radius 1 is 1.38 bits per heavy atom. The van der Waals surface area contributed by atoms with Crippen LogP contribution >= 0.6 is 11.8 Å². The van der Waals surface area contributed by atoms with E-state index < -0.39 is 0 Å². The Hall–Kier alpha value is -1.82. The lowest BCUT2D eigenvalue weighted by molar-refractivity contribution is 0.0701. The Labute approximate surface area is 146 Å². The van der Waals surface area contributed by atoms with Gasteiger partial charge in [0.1, 0.15) is 0 Å². The number of aromatic nitrogens is 2. The van der Waals surface area contributed by atoms with Crippen LogP contribution < -0.4 is 0 Å². The molecule has 1 saturated heterocycles. The molecular weight excluding hydrogens is 322 g/mol. The molecule has 0 N–H and O–H groups in total. The highest BCUT2D eigenvalue weighted by molar-refractivity contribution is 7.98. The monoisotopic (exact) mass is 345 g/mol. The smallest absolute Gasteiger partial charge is 0.254 e. The second-order valence-electron chi connectivity index (χ2n) is 6.50. The number of thioether (sulfide) groups is 1. The summed E-state index contributed by atoms with van der Waals surface area (Å²) in [6, 6.07) is 8.18. The van der Waals surface area contributed by atoms with Crippen molar-refractivity contribution in [3.8, 4) is 0 Å². The summed E-state index contributed by atoms with van der Waals surface area (Å²) in [5, 5.41) is 3.78. The van der Waals surface area contributed by atoms with Crippen molar-refractivity contribution in [2.24, 2.45) is 5.92 Å². The van der Waals surface area contributed by atoms with E-state index in [0.717, 1.165) is 29.8 Å². The molecule has 0 aliphatic carbocycles. The average molecular weight is 345 g/mol. The molecule has 2 aromatic rings. The van der Waals surface area contributed by atoms with Crippen LogP contribution in [0.5, 0.6) is 0 Å². The molecule has 1 fully saturated rings. The molecule has 0 radical (unpaired) electrons. The molecule has 1 atom stereocenters. The van der Waals surface area contributed by atoms with E-state index in [9.17, 15) is 4.79 Å². The lowest BCUT2D eigenvalue weighted by Gasteiger charge is -2.27. The third-order valence-electron chi connectivity index (χ3n) is 4.36. The van der Waals surface area contributed by atoms with Crippen molar-refractivity contribution in [1.29, 1.82) is 0 Å². The van der Waals surface area contributed by atoms with Gasteiger partial charge in [0, 0.05) is 23.0 Å². The van der Waals surface area contributed by atoms with E-state index in [-0.39, 0.29) is 5.91 Å². The minimum absolute atomic E-state index is 0.148. The van der Waals surface area contributed by atoms with Crippen LogP contribution in [-0.2, 0) is 5.75 Å². The van der Waals surface area contributed by atoms with Gasteiger partial charge in [-0.25, -0.2) is 0 Å². The van der Waals surface area contributed by atoms with Gasteiger partial charge in [0.05, 0.1) is 5.75 Å². The Kier molecular flexibility index (Phi) is 5.23. The highest BCUT2D eigenvalue weighted by Crippen LogP contribution is 2.27. The molecule has 0 saturated carbocycles. The second kappa shape index (κ2) is 7.38. The fourth-order valence-electron chi connectivity index (χ4n) is 3.14. The van der Waals surface area contributed by atoms with Crippen molar-refractivity contribution in [3.05, 3.63) is 41.5 Å². The van der Waals surface area contributed by atoms with Crippen molar-refractivity contribution in [1.82, 2.24) is 15.0 Å². The first-order chi connectivity index (χ1) is 11.5. The Bertz CT molecular complexity index is 697. The maximum atomic E-state index is 12.7. The maximum Gasteiger partial charge on any atom is 0.254 e. The highest BCUT2D eigenvalue weighted by Gasteiger charge is 2.31. The van der Waals surface area contributed by atoms with E-state index in [1.54, 1.807) is 18.7 Å². The molecule has 1 amide bonds. The minimum atomic E-state index is 0.148. The van der Waals surface area contributed by atoms with Crippen LogP contribution in [0.2, 0.25) is 0 Å². The Morgan fingerprint density at radius 2 is 2.12 bits per heavy atom. The number of carbonyl (C=O) groups is 1. The predicted octanol–water partition coefficient (Wildman–Crippen LogP) is 3.93. The summed E-state index contributed by atoms with van der Waals surface area (Å²) in [6.07, 6.45) is 2.22. The highest BCUT2D eigenvalue weighted by atomic mass is 32.2. The van der Waals surface area contributed by atoms with Gasteiger partial charge >= 0.3 is 0 Å². The number of nitrogens with zero attached hydrogens (tertiary/aromatic N) is 3. The van der Waals surface area contributed by atoms with Crippen molar-refractivity contribution in [2.45, 2.75) is 50.3 Å². The molecule has 6 heteroatoms. The summed E-state index contributed by atoms with van der Waals surface area (Å²) in [4.78, 5) is 20.1. The number of carbonyl (C=O) groups excluding carboxylic acids is 1. The van der Waals surface area contributed by atoms with E-state index in [1.165, 1.54) is 0 Å². The Balaban J connectivity index is 1.62. The standard InChI is InChI=1S/C18H23N3O2S/c1-12(2)16-5-4-10-21(16)18(22)14-6-8-15(9-7-14)24-11-17-19-13(3)20-23-17/h6-9,12,16H,4-5,10-11H2,1-3H3. The van der Waals surface area contributed by atoms with Crippen molar-refractivity contribution in [3.63, 3.8) is 0 Å². The third-order valence-corrected chi connectivity index (χ3v) is 5.36. The van der Waals surface area contributed by atoms with E-state index in [2.05, 4.69) is 24.0 Å². The van der Waals surface area contributed by atoms with Gasteiger partial charge < -0.3 is 9.42 Å². The number of likely N-dealkylation sites (tertiary alicyclic amines) is 1. The molecule has 5 nitrogen and oxygen atoms in total. The van der Waals surface area contributed by atoms with Crippen molar-refractivity contribution in [2.75, 3.05) is 6.54 Å². The molecule has 1 aliphatic rings. The SMILES string of the molecule is Cc1noc(CSc2ccc(C(=O)N3CCCC3C(C)C)cc2)n1. The number of amides is 1. The first-order valence-corrected chi connectivity index (χ1v) is 9.36. The first-order valence-electron chi connectivity index (χ1n) is 8.37. The van der Waals surface area contributed by atoms with Gasteiger partial charge in [-0.1, -0.05) is 19.0 Å². The lowest BCUT2D eigenvalue weighted by Crippen LogP contribution is -2.38. The molecule has 128 valence electrons. The first kappa shape index (κ1) is 17.0. The topological polar surface area (TPSA) is 59.2 Å². The molecule has 0 spiro atoms. The molecule has 1 unspecified atom stereocenters. The second-order valence-corrected chi connectivity index (χ2v) is 7.55. The molecule has 1 aromatic carbocycles. The Morgan fingerprint density at radius 3 is 2.75 bits per heavy atom. The average Bonchev–Trinajstić information content (AvgIpc) is 3.21. The summed E-state index contributed by atoms with van der Waals surface area (Å²) in [6.45, 7) is 7.06. The van der Waals surface area contributed by atoms with Gasteiger partial charge in [0.25, 0.3) is 5.91 Å². The molecular formula is C18H23N3O2S. The zero-order chi connectivity index (χ0) is 17.1. The van der Waals surface area contributed by atoms with E-state index >= 15 is 0 Å². The zero-order valence-electron chi connectivity index (χ0n) is 14.4. The van der Waals surface area contributed by atoms with Gasteiger partial charge in [0.2, 0.25) is 5.89 Å². The number of benzene rings is 1. The van der Waals surface area contributed by atoms with E-state index in [1.807, 2.05) is 29.2 Å². The summed E-state index contributed by atoms with van der Waals surface area (Å²) in [5.74, 6) is 2.56. The van der Waals surface area contributed by atoms with Gasteiger partial charge in [-0.2, -0.15) is 4.98 Å². The van der Waals surface area contributed by atoms with Crippen LogP contribution in [0, 0.1) is 12.8 Å². The molecule has 24 heavy (non-hydrogen) atoms. The van der Waals surface area contributed by atoms with Gasteiger partial charge in [0.15, 0.2) is 5.82 Å². The fraction of sp³-hybridized carbons (Fsp3) is 0.500.